The van der Waals surface area contributed by atoms with Gasteiger partial charge in [0, 0.05) is 0 Å². The van der Waals surface area contributed by atoms with Crippen molar-refractivity contribution < 1.29 is 0 Å². The van der Waals surface area contributed by atoms with E-state index in [-0.39, 0.29) is 0 Å². The normalized spacial score (nSPS) is 12.0. The summed E-state index contributed by atoms with van der Waals surface area (Å²) in [5, 5.41) is 3.46. The largest absolute Gasteiger partial charge is 0.204 e. The summed E-state index contributed by atoms with van der Waals surface area (Å²) in [6, 6.07) is 14.4. The standard InChI is InChI=1S/C13H10N2/c14-15-11-5-6-13-10(8-11)7-9-3-1-2-4-12(9)13/h1-6,8,14H,7H2. The molecule has 2 nitrogen and oxygen atoms in total. The number of benzene rings is 2. The molecule has 3 rings (SSSR count). The summed E-state index contributed by atoms with van der Waals surface area (Å²) in [6.07, 6.45) is 0.967. The third-order valence-corrected chi connectivity index (χ3v) is 2.91. The second kappa shape index (κ2) is 3.02. The zero-order valence-electron chi connectivity index (χ0n) is 8.20. The summed E-state index contributed by atoms with van der Waals surface area (Å²) in [5.74, 6) is 0. The van der Waals surface area contributed by atoms with Crippen molar-refractivity contribution in [1.29, 1.82) is 5.53 Å². The van der Waals surface area contributed by atoms with Crippen molar-refractivity contribution in [2.75, 3.05) is 0 Å². The maximum atomic E-state index is 6.99. The summed E-state index contributed by atoms with van der Waals surface area (Å²) in [6.45, 7) is 0. The summed E-state index contributed by atoms with van der Waals surface area (Å²) >= 11 is 0. The zero-order chi connectivity index (χ0) is 10.3. The molecule has 0 bridgehead atoms. The number of nitrogens with zero attached hydrogens (tertiary/aromatic N) is 1. The molecule has 0 fully saturated rings. The van der Waals surface area contributed by atoms with Crippen LogP contribution in [0.25, 0.3) is 11.1 Å². The van der Waals surface area contributed by atoms with Crippen LogP contribution in [0, 0.1) is 5.53 Å². The topological polar surface area (TPSA) is 36.2 Å². The molecule has 1 aliphatic carbocycles. The molecule has 0 aromatic heterocycles. The van der Waals surface area contributed by atoms with Crippen LogP contribution in [0.4, 0.5) is 5.69 Å². The first-order valence-corrected chi connectivity index (χ1v) is 4.97. The van der Waals surface area contributed by atoms with E-state index in [1.807, 2.05) is 12.1 Å². The molecule has 0 spiro atoms. The lowest BCUT2D eigenvalue weighted by Crippen LogP contribution is -1.78. The minimum atomic E-state index is 0.738. The smallest absolute Gasteiger partial charge is 0.0853 e. The van der Waals surface area contributed by atoms with Crippen molar-refractivity contribution >= 4 is 5.69 Å². The Labute approximate surface area is 88.1 Å². The average Bonchev–Trinajstić information content (AvgIpc) is 2.66. The fourth-order valence-corrected chi connectivity index (χ4v) is 2.20. The van der Waals surface area contributed by atoms with Crippen molar-refractivity contribution in [2.24, 2.45) is 5.11 Å². The molecule has 0 radical (unpaired) electrons. The summed E-state index contributed by atoms with van der Waals surface area (Å²) in [4.78, 5) is 0. The van der Waals surface area contributed by atoms with E-state index >= 15 is 0 Å². The molecule has 0 aliphatic heterocycles. The van der Waals surface area contributed by atoms with Crippen LogP contribution >= 0.6 is 0 Å². The number of nitrogens with one attached hydrogen (secondary N) is 1. The quantitative estimate of drug-likeness (QED) is 0.570. The molecular weight excluding hydrogens is 184 g/mol. The van der Waals surface area contributed by atoms with E-state index in [2.05, 4.69) is 35.4 Å². The Balaban J connectivity index is 2.22. The SMILES string of the molecule is N=Nc1ccc2c(c1)Cc1ccccc1-2. The highest BCUT2D eigenvalue weighted by Crippen LogP contribution is 2.37. The molecule has 0 heterocycles. The van der Waals surface area contributed by atoms with Gasteiger partial charge in [-0.25, -0.2) is 5.53 Å². The fraction of sp³-hybridized carbons (Fsp3) is 0.0769. The lowest BCUT2D eigenvalue weighted by molar-refractivity contribution is 1.14. The van der Waals surface area contributed by atoms with Crippen molar-refractivity contribution in [3.8, 4) is 11.1 Å². The molecular formula is C13H10N2. The lowest BCUT2D eigenvalue weighted by Gasteiger charge is -2.00. The van der Waals surface area contributed by atoms with Gasteiger partial charge in [-0.05, 0) is 40.8 Å². The number of rotatable bonds is 1. The molecule has 1 N–H and O–H groups in total. The van der Waals surface area contributed by atoms with Crippen molar-refractivity contribution in [1.82, 2.24) is 0 Å². The first kappa shape index (κ1) is 8.36. The third-order valence-electron chi connectivity index (χ3n) is 2.91. The van der Waals surface area contributed by atoms with Gasteiger partial charge in [0.2, 0.25) is 0 Å². The van der Waals surface area contributed by atoms with Crippen molar-refractivity contribution in [2.45, 2.75) is 6.42 Å². The molecule has 0 atom stereocenters. The second-order valence-corrected chi connectivity index (χ2v) is 3.79. The Bertz CT molecular complexity index is 544. The van der Waals surface area contributed by atoms with Gasteiger partial charge in [-0.3, -0.25) is 0 Å². The second-order valence-electron chi connectivity index (χ2n) is 3.79. The van der Waals surface area contributed by atoms with E-state index in [1.165, 1.54) is 22.3 Å². The van der Waals surface area contributed by atoms with Gasteiger partial charge in [0.05, 0.1) is 5.69 Å². The summed E-state index contributed by atoms with van der Waals surface area (Å²) < 4.78 is 0. The Hall–Kier alpha value is -1.96. The van der Waals surface area contributed by atoms with Gasteiger partial charge in [0.1, 0.15) is 0 Å². The Morgan fingerprint density at radius 3 is 2.60 bits per heavy atom. The predicted octanol–water partition coefficient (Wildman–Crippen LogP) is 3.92. The maximum absolute atomic E-state index is 6.99. The highest BCUT2D eigenvalue weighted by atomic mass is 15.0. The van der Waals surface area contributed by atoms with Gasteiger partial charge in [0.15, 0.2) is 0 Å². The molecule has 0 unspecified atom stereocenters. The first-order chi connectivity index (χ1) is 7.38. The van der Waals surface area contributed by atoms with Gasteiger partial charge in [0.25, 0.3) is 0 Å². The Kier molecular flexibility index (Phi) is 1.68. The van der Waals surface area contributed by atoms with Gasteiger partial charge >= 0.3 is 0 Å². The highest BCUT2D eigenvalue weighted by Gasteiger charge is 2.17. The monoisotopic (exact) mass is 194 g/mol. The first-order valence-electron chi connectivity index (χ1n) is 4.97. The van der Waals surface area contributed by atoms with Crippen molar-refractivity contribution in [3.63, 3.8) is 0 Å². The molecule has 15 heavy (non-hydrogen) atoms. The minimum absolute atomic E-state index is 0.738. The lowest BCUT2D eigenvalue weighted by atomic mass is 10.1. The van der Waals surface area contributed by atoms with Crippen LogP contribution < -0.4 is 0 Å². The highest BCUT2D eigenvalue weighted by molar-refractivity contribution is 5.78. The number of hydrogen-bond donors (Lipinski definition) is 1. The zero-order valence-corrected chi connectivity index (χ0v) is 8.20. The van der Waals surface area contributed by atoms with E-state index in [0.29, 0.717) is 0 Å². The predicted molar refractivity (Wildman–Crippen MR) is 59.5 cm³/mol. The van der Waals surface area contributed by atoms with Crippen LogP contribution in [-0.2, 0) is 6.42 Å². The Morgan fingerprint density at radius 2 is 1.73 bits per heavy atom. The summed E-state index contributed by atoms with van der Waals surface area (Å²) in [5.41, 5.74) is 13.0. The Morgan fingerprint density at radius 1 is 0.933 bits per heavy atom. The van der Waals surface area contributed by atoms with Gasteiger partial charge < -0.3 is 0 Å². The molecule has 72 valence electrons. The van der Waals surface area contributed by atoms with Crippen LogP contribution in [-0.4, -0.2) is 0 Å². The van der Waals surface area contributed by atoms with Crippen LogP contribution in [0.15, 0.2) is 47.6 Å². The molecule has 2 aromatic rings. The number of fused-ring (bicyclic) bond motifs is 3. The minimum Gasteiger partial charge on any atom is -0.204 e. The molecule has 1 aliphatic rings. The van der Waals surface area contributed by atoms with Crippen LogP contribution in [0.2, 0.25) is 0 Å². The van der Waals surface area contributed by atoms with E-state index in [4.69, 9.17) is 5.53 Å². The van der Waals surface area contributed by atoms with E-state index in [1.54, 1.807) is 0 Å². The maximum Gasteiger partial charge on any atom is 0.0853 e. The molecule has 0 saturated carbocycles. The molecule has 2 aromatic carbocycles. The van der Waals surface area contributed by atoms with E-state index in [9.17, 15) is 0 Å². The third kappa shape index (κ3) is 1.18. The van der Waals surface area contributed by atoms with Gasteiger partial charge in [-0.2, -0.15) is 5.11 Å². The van der Waals surface area contributed by atoms with Crippen LogP contribution in [0.5, 0.6) is 0 Å². The molecule has 0 amide bonds. The van der Waals surface area contributed by atoms with Gasteiger partial charge in [-0.15, -0.1) is 0 Å². The van der Waals surface area contributed by atoms with Crippen LogP contribution in [0.3, 0.4) is 0 Å². The van der Waals surface area contributed by atoms with E-state index < -0.39 is 0 Å². The molecule has 0 saturated heterocycles. The summed E-state index contributed by atoms with van der Waals surface area (Å²) in [7, 11) is 0. The number of hydrogen-bond acceptors (Lipinski definition) is 2. The van der Waals surface area contributed by atoms with Crippen LogP contribution in [0.1, 0.15) is 11.1 Å². The van der Waals surface area contributed by atoms with E-state index in [0.717, 1.165) is 12.1 Å². The fourth-order valence-electron chi connectivity index (χ4n) is 2.20. The molecule has 2 heteroatoms. The average molecular weight is 194 g/mol. The van der Waals surface area contributed by atoms with Crippen molar-refractivity contribution in [3.05, 3.63) is 53.6 Å². The van der Waals surface area contributed by atoms with Gasteiger partial charge in [-0.1, -0.05) is 30.3 Å².